The quantitative estimate of drug-likeness (QED) is 0.567. The SMILES string of the molecule is [CH2]C1CCC(CN)CC1. The lowest BCUT2D eigenvalue weighted by molar-refractivity contribution is 0.315. The van der Waals surface area contributed by atoms with Gasteiger partial charge in [0.1, 0.15) is 0 Å². The topological polar surface area (TPSA) is 26.0 Å². The Morgan fingerprint density at radius 2 is 1.78 bits per heavy atom. The maximum absolute atomic E-state index is 5.53. The molecule has 9 heavy (non-hydrogen) atoms. The Morgan fingerprint density at radius 1 is 1.22 bits per heavy atom. The highest BCUT2D eigenvalue weighted by molar-refractivity contribution is 4.73. The van der Waals surface area contributed by atoms with Crippen LogP contribution in [0.2, 0.25) is 0 Å². The number of hydrogen-bond acceptors (Lipinski definition) is 1. The van der Waals surface area contributed by atoms with Crippen LogP contribution < -0.4 is 5.73 Å². The molecule has 1 saturated carbocycles. The minimum atomic E-state index is 0.716. The Bertz CT molecular complexity index is 72.6. The minimum Gasteiger partial charge on any atom is -0.330 e. The molecule has 0 aliphatic heterocycles. The Balaban J connectivity index is 2.18. The fourth-order valence-electron chi connectivity index (χ4n) is 1.47. The van der Waals surface area contributed by atoms with E-state index in [4.69, 9.17) is 5.73 Å². The lowest BCUT2D eigenvalue weighted by Crippen LogP contribution is -2.20. The third-order valence-electron chi connectivity index (χ3n) is 2.30. The minimum absolute atomic E-state index is 0.716. The van der Waals surface area contributed by atoms with Crippen LogP contribution in [0, 0.1) is 18.8 Å². The van der Waals surface area contributed by atoms with E-state index >= 15 is 0 Å². The summed E-state index contributed by atoms with van der Waals surface area (Å²) in [5.41, 5.74) is 5.53. The summed E-state index contributed by atoms with van der Waals surface area (Å²) in [4.78, 5) is 0. The molecule has 0 bridgehead atoms. The molecule has 1 aliphatic rings. The van der Waals surface area contributed by atoms with E-state index in [2.05, 4.69) is 6.92 Å². The molecule has 1 heteroatoms. The van der Waals surface area contributed by atoms with Crippen molar-refractivity contribution in [1.29, 1.82) is 0 Å². The molecule has 0 aromatic carbocycles. The van der Waals surface area contributed by atoms with Gasteiger partial charge in [0.05, 0.1) is 0 Å². The largest absolute Gasteiger partial charge is 0.330 e. The molecular weight excluding hydrogens is 110 g/mol. The van der Waals surface area contributed by atoms with Crippen molar-refractivity contribution in [3.63, 3.8) is 0 Å². The highest BCUT2D eigenvalue weighted by Gasteiger charge is 2.15. The summed E-state index contributed by atoms with van der Waals surface area (Å²) in [6, 6.07) is 0. The van der Waals surface area contributed by atoms with Crippen LogP contribution >= 0.6 is 0 Å². The van der Waals surface area contributed by atoms with Gasteiger partial charge in [0.15, 0.2) is 0 Å². The summed E-state index contributed by atoms with van der Waals surface area (Å²) in [7, 11) is 0. The van der Waals surface area contributed by atoms with Crippen molar-refractivity contribution in [2.45, 2.75) is 25.7 Å². The van der Waals surface area contributed by atoms with E-state index < -0.39 is 0 Å². The van der Waals surface area contributed by atoms with Crippen LogP contribution in [-0.2, 0) is 0 Å². The average molecular weight is 126 g/mol. The maximum Gasteiger partial charge on any atom is -0.00489 e. The van der Waals surface area contributed by atoms with Gasteiger partial charge in [-0.25, -0.2) is 0 Å². The van der Waals surface area contributed by atoms with E-state index in [0.717, 1.165) is 12.5 Å². The lowest BCUT2D eigenvalue weighted by Gasteiger charge is -2.24. The van der Waals surface area contributed by atoms with Gasteiger partial charge in [-0.05, 0) is 31.2 Å². The second-order valence-corrected chi connectivity index (χ2v) is 3.12. The van der Waals surface area contributed by atoms with E-state index in [1.54, 1.807) is 0 Å². The van der Waals surface area contributed by atoms with E-state index in [-0.39, 0.29) is 0 Å². The molecule has 1 fully saturated rings. The summed E-state index contributed by atoms with van der Waals surface area (Å²) < 4.78 is 0. The van der Waals surface area contributed by atoms with Gasteiger partial charge in [-0.3, -0.25) is 0 Å². The molecule has 53 valence electrons. The van der Waals surface area contributed by atoms with Crippen molar-refractivity contribution in [2.24, 2.45) is 17.6 Å². The third-order valence-corrected chi connectivity index (χ3v) is 2.30. The molecule has 0 spiro atoms. The zero-order valence-corrected chi connectivity index (χ0v) is 5.97. The molecule has 0 heterocycles. The van der Waals surface area contributed by atoms with E-state index in [1.165, 1.54) is 25.7 Å². The maximum atomic E-state index is 5.53. The van der Waals surface area contributed by atoms with Crippen molar-refractivity contribution in [2.75, 3.05) is 6.54 Å². The molecule has 1 rings (SSSR count). The molecule has 1 nitrogen and oxygen atoms in total. The predicted octanol–water partition coefficient (Wildman–Crippen LogP) is 1.59. The Morgan fingerprint density at radius 3 is 2.22 bits per heavy atom. The lowest BCUT2D eigenvalue weighted by atomic mass is 9.83. The first-order valence-electron chi connectivity index (χ1n) is 3.86. The van der Waals surface area contributed by atoms with Gasteiger partial charge in [0.2, 0.25) is 0 Å². The van der Waals surface area contributed by atoms with Crippen molar-refractivity contribution >= 4 is 0 Å². The highest BCUT2D eigenvalue weighted by Crippen LogP contribution is 2.26. The van der Waals surface area contributed by atoms with E-state index in [9.17, 15) is 0 Å². The zero-order chi connectivity index (χ0) is 6.69. The van der Waals surface area contributed by atoms with Gasteiger partial charge in [-0.15, -0.1) is 0 Å². The summed E-state index contributed by atoms with van der Waals surface area (Å²) in [5, 5.41) is 0. The first kappa shape index (κ1) is 7.07. The molecule has 0 aromatic heterocycles. The summed E-state index contributed by atoms with van der Waals surface area (Å²) in [6.07, 6.45) is 5.21. The summed E-state index contributed by atoms with van der Waals surface area (Å²) in [6.45, 7) is 4.91. The molecule has 2 N–H and O–H groups in total. The van der Waals surface area contributed by atoms with Crippen molar-refractivity contribution in [3.8, 4) is 0 Å². The van der Waals surface area contributed by atoms with Crippen LogP contribution in [0.25, 0.3) is 0 Å². The molecule has 0 amide bonds. The van der Waals surface area contributed by atoms with Gasteiger partial charge in [-0.2, -0.15) is 0 Å². The first-order valence-corrected chi connectivity index (χ1v) is 3.86. The van der Waals surface area contributed by atoms with Gasteiger partial charge in [0, 0.05) is 0 Å². The second-order valence-electron chi connectivity index (χ2n) is 3.12. The number of rotatable bonds is 1. The van der Waals surface area contributed by atoms with Crippen molar-refractivity contribution in [1.82, 2.24) is 0 Å². The van der Waals surface area contributed by atoms with Crippen LogP contribution in [-0.4, -0.2) is 6.54 Å². The molecule has 0 saturated heterocycles. The first-order chi connectivity index (χ1) is 4.33. The molecule has 0 aromatic rings. The average Bonchev–Trinajstić information content (AvgIpc) is 1.90. The number of hydrogen-bond donors (Lipinski definition) is 1. The Kier molecular flexibility index (Phi) is 2.52. The summed E-state index contributed by atoms with van der Waals surface area (Å²) >= 11 is 0. The monoisotopic (exact) mass is 126 g/mol. The van der Waals surface area contributed by atoms with Gasteiger partial charge >= 0.3 is 0 Å². The van der Waals surface area contributed by atoms with Crippen molar-refractivity contribution in [3.05, 3.63) is 6.92 Å². The van der Waals surface area contributed by atoms with Crippen LogP contribution in [0.1, 0.15) is 25.7 Å². The third kappa shape index (κ3) is 1.98. The zero-order valence-electron chi connectivity index (χ0n) is 5.97. The normalized spacial score (nSPS) is 36.7. The molecule has 0 atom stereocenters. The van der Waals surface area contributed by atoms with E-state index in [0.29, 0.717) is 5.92 Å². The van der Waals surface area contributed by atoms with Crippen LogP contribution in [0.15, 0.2) is 0 Å². The summed E-state index contributed by atoms with van der Waals surface area (Å²) in [5.74, 6) is 1.52. The highest BCUT2D eigenvalue weighted by atomic mass is 14.5. The fraction of sp³-hybridized carbons (Fsp3) is 0.875. The Hall–Kier alpha value is -0.0400. The number of nitrogens with two attached hydrogens (primary N) is 1. The standard InChI is InChI=1S/C8H16N/c1-7-2-4-8(6-9)5-3-7/h7-8H,1-6,9H2. The van der Waals surface area contributed by atoms with Crippen molar-refractivity contribution < 1.29 is 0 Å². The Labute approximate surface area is 57.6 Å². The van der Waals surface area contributed by atoms with Crippen LogP contribution in [0.4, 0.5) is 0 Å². The molecule has 1 aliphatic carbocycles. The van der Waals surface area contributed by atoms with Gasteiger partial charge < -0.3 is 5.73 Å². The van der Waals surface area contributed by atoms with Crippen LogP contribution in [0.3, 0.4) is 0 Å². The smallest absolute Gasteiger partial charge is 0.00489 e. The van der Waals surface area contributed by atoms with Gasteiger partial charge in [0.25, 0.3) is 0 Å². The van der Waals surface area contributed by atoms with Crippen LogP contribution in [0.5, 0.6) is 0 Å². The molecule has 0 unspecified atom stereocenters. The molecule has 1 radical (unpaired) electrons. The molecular formula is C8H16N. The predicted molar refractivity (Wildman–Crippen MR) is 39.9 cm³/mol. The van der Waals surface area contributed by atoms with Gasteiger partial charge in [-0.1, -0.05) is 19.8 Å². The fourth-order valence-corrected chi connectivity index (χ4v) is 1.47. The van der Waals surface area contributed by atoms with E-state index in [1.807, 2.05) is 0 Å². The second kappa shape index (κ2) is 3.21.